The summed E-state index contributed by atoms with van der Waals surface area (Å²) in [6.07, 6.45) is 3.67. The lowest BCUT2D eigenvalue weighted by Crippen LogP contribution is -2.37. The number of rotatable bonds is 6. The molecule has 150 valence electrons. The summed E-state index contributed by atoms with van der Waals surface area (Å²) < 4.78 is 11.6. The topological polar surface area (TPSA) is 24.9 Å². The highest BCUT2D eigenvalue weighted by Gasteiger charge is 2.36. The number of benzene rings is 1. The maximum absolute atomic E-state index is 6.16. The first kappa shape index (κ1) is 18.6. The number of nitrogens with zero attached hydrogens (tertiary/aromatic N) is 2. The number of fused-ring (bicyclic) bond motifs is 3. The maximum Gasteiger partial charge on any atom is 0.119 e. The second kappa shape index (κ2) is 8.54. The smallest absolute Gasteiger partial charge is 0.119 e. The molecule has 4 nitrogen and oxygen atoms in total. The monoisotopic (exact) mass is 398 g/mol. The first-order valence-corrected chi connectivity index (χ1v) is 11.7. The summed E-state index contributed by atoms with van der Waals surface area (Å²) in [6.45, 7) is 8.14. The van der Waals surface area contributed by atoms with Crippen LogP contribution in [0.25, 0.3) is 0 Å². The third-order valence-electron chi connectivity index (χ3n) is 6.51. The highest BCUT2D eigenvalue weighted by Crippen LogP contribution is 2.45. The van der Waals surface area contributed by atoms with Gasteiger partial charge in [-0.1, -0.05) is 6.07 Å². The minimum absolute atomic E-state index is 0.506. The molecule has 2 atom stereocenters. The molecule has 0 saturated carbocycles. The molecule has 0 aliphatic carbocycles. The van der Waals surface area contributed by atoms with E-state index in [1.165, 1.54) is 36.1 Å². The van der Waals surface area contributed by atoms with Crippen molar-refractivity contribution < 1.29 is 9.47 Å². The molecule has 28 heavy (non-hydrogen) atoms. The maximum atomic E-state index is 6.16. The molecule has 2 unspecified atom stereocenters. The van der Waals surface area contributed by atoms with Crippen LogP contribution in [0.4, 0.5) is 0 Å². The van der Waals surface area contributed by atoms with Crippen LogP contribution < -0.4 is 4.74 Å². The fourth-order valence-electron chi connectivity index (χ4n) is 5.04. The average Bonchev–Trinajstić information content (AvgIpc) is 3.43. The normalized spacial score (nSPS) is 25.4. The predicted octanol–water partition coefficient (Wildman–Crippen LogP) is 4.13. The minimum atomic E-state index is 0.506. The molecule has 1 aromatic carbocycles. The van der Waals surface area contributed by atoms with Gasteiger partial charge in [-0.2, -0.15) is 11.3 Å². The van der Waals surface area contributed by atoms with E-state index < -0.39 is 0 Å². The van der Waals surface area contributed by atoms with Gasteiger partial charge in [0.25, 0.3) is 0 Å². The quantitative estimate of drug-likeness (QED) is 0.683. The molecule has 5 heteroatoms. The Kier molecular flexibility index (Phi) is 5.68. The summed E-state index contributed by atoms with van der Waals surface area (Å²) in [5.74, 6) is 1.55. The molecular formula is C23H30N2O2S. The van der Waals surface area contributed by atoms with Gasteiger partial charge < -0.3 is 9.47 Å². The molecule has 0 spiro atoms. The number of hydrogen-bond donors (Lipinski definition) is 0. The first-order valence-electron chi connectivity index (χ1n) is 10.7. The van der Waals surface area contributed by atoms with Crippen molar-refractivity contribution >= 4 is 11.3 Å². The summed E-state index contributed by atoms with van der Waals surface area (Å²) in [7, 11) is 0. The van der Waals surface area contributed by atoms with Crippen molar-refractivity contribution in [2.45, 2.75) is 31.2 Å². The zero-order valence-electron chi connectivity index (χ0n) is 16.5. The average molecular weight is 399 g/mol. The summed E-state index contributed by atoms with van der Waals surface area (Å²) in [6, 6.07) is 9.75. The van der Waals surface area contributed by atoms with Crippen molar-refractivity contribution in [1.82, 2.24) is 9.80 Å². The van der Waals surface area contributed by atoms with Crippen molar-refractivity contribution in [3.63, 3.8) is 0 Å². The van der Waals surface area contributed by atoms with Crippen LogP contribution in [0.1, 0.15) is 47.9 Å². The molecule has 3 aliphatic heterocycles. The molecule has 3 aliphatic rings. The van der Waals surface area contributed by atoms with Gasteiger partial charge in [-0.05, 0) is 71.5 Å². The van der Waals surface area contributed by atoms with Crippen molar-refractivity contribution in [3.8, 4) is 5.75 Å². The van der Waals surface area contributed by atoms with E-state index in [0.29, 0.717) is 12.0 Å². The van der Waals surface area contributed by atoms with Crippen LogP contribution in [-0.4, -0.2) is 62.3 Å². The zero-order chi connectivity index (χ0) is 18.8. The van der Waals surface area contributed by atoms with Gasteiger partial charge >= 0.3 is 0 Å². The Bertz CT molecular complexity index is 773. The van der Waals surface area contributed by atoms with E-state index in [2.05, 4.69) is 44.8 Å². The number of morpholine rings is 1. The fraction of sp³-hybridized carbons (Fsp3) is 0.565. The van der Waals surface area contributed by atoms with Gasteiger partial charge in [0.2, 0.25) is 0 Å². The van der Waals surface area contributed by atoms with Crippen molar-refractivity contribution in [1.29, 1.82) is 0 Å². The Labute approximate surface area is 172 Å². The minimum Gasteiger partial charge on any atom is -0.494 e. The lowest BCUT2D eigenvalue weighted by atomic mass is 9.82. The number of hydrogen-bond acceptors (Lipinski definition) is 5. The van der Waals surface area contributed by atoms with Crippen LogP contribution >= 0.6 is 11.3 Å². The Balaban J connectivity index is 1.27. The Hall–Kier alpha value is -1.40. The highest BCUT2D eigenvalue weighted by molar-refractivity contribution is 7.08. The Morgan fingerprint density at radius 3 is 2.89 bits per heavy atom. The largest absolute Gasteiger partial charge is 0.494 e. The third kappa shape index (κ3) is 3.86. The van der Waals surface area contributed by atoms with Gasteiger partial charge in [-0.15, -0.1) is 0 Å². The van der Waals surface area contributed by atoms with E-state index >= 15 is 0 Å². The summed E-state index contributed by atoms with van der Waals surface area (Å²) in [5.41, 5.74) is 4.49. The van der Waals surface area contributed by atoms with Crippen LogP contribution in [0.2, 0.25) is 0 Å². The number of ether oxygens (including phenoxy) is 2. The molecule has 1 aromatic heterocycles. The summed E-state index contributed by atoms with van der Waals surface area (Å²) in [4.78, 5) is 5.16. The van der Waals surface area contributed by atoms with Gasteiger partial charge in [0.15, 0.2) is 0 Å². The van der Waals surface area contributed by atoms with Crippen LogP contribution in [-0.2, 0) is 4.74 Å². The first-order chi connectivity index (χ1) is 13.9. The van der Waals surface area contributed by atoms with E-state index in [1.54, 1.807) is 11.3 Å². The van der Waals surface area contributed by atoms with Gasteiger partial charge in [-0.25, -0.2) is 0 Å². The van der Waals surface area contributed by atoms with E-state index in [-0.39, 0.29) is 0 Å². The molecule has 2 aromatic rings. The van der Waals surface area contributed by atoms with Crippen LogP contribution in [0, 0.1) is 0 Å². The van der Waals surface area contributed by atoms with Crippen LogP contribution in [0.3, 0.4) is 0 Å². The molecular weight excluding hydrogens is 368 g/mol. The van der Waals surface area contributed by atoms with E-state index in [1.807, 2.05) is 0 Å². The number of thiophene rings is 1. The van der Waals surface area contributed by atoms with E-state index in [4.69, 9.17) is 9.47 Å². The Morgan fingerprint density at radius 1 is 1.11 bits per heavy atom. The second-order valence-electron chi connectivity index (χ2n) is 8.21. The molecule has 2 saturated heterocycles. The molecule has 4 heterocycles. The standard InChI is InChI=1S/C23H30N2O2S/c1-3-23-21-15-19(27-11-2-7-24-9-12-26-13-10-24)4-5-20(21)22(16-25(23)8-1)18-6-14-28-17-18/h4-6,14-15,17,22-23H,1-3,7-13,16H2. The zero-order valence-corrected chi connectivity index (χ0v) is 17.3. The fourth-order valence-corrected chi connectivity index (χ4v) is 5.75. The van der Waals surface area contributed by atoms with Crippen LogP contribution in [0.15, 0.2) is 35.0 Å². The van der Waals surface area contributed by atoms with Crippen molar-refractivity contribution in [2.24, 2.45) is 0 Å². The molecule has 0 N–H and O–H groups in total. The van der Waals surface area contributed by atoms with Crippen molar-refractivity contribution in [3.05, 3.63) is 51.7 Å². The van der Waals surface area contributed by atoms with Crippen molar-refractivity contribution in [2.75, 3.05) is 52.5 Å². The summed E-state index contributed by atoms with van der Waals surface area (Å²) >= 11 is 1.81. The molecule has 5 rings (SSSR count). The van der Waals surface area contributed by atoms with Gasteiger partial charge in [0.05, 0.1) is 19.8 Å². The third-order valence-corrected chi connectivity index (χ3v) is 7.21. The Morgan fingerprint density at radius 2 is 2.04 bits per heavy atom. The van der Waals surface area contributed by atoms with E-state index in [9.17, 15) is 0 Å². The lowest BCUT2D eigenvalue weighted by molar-refractivity contribution is 0.0358. The predicted molar refractivity (Wildman–Crippen MR) is 114 cm³/mol. The molecule has 0 radical (unpaired) electrons. The molecule has 2 fully saturated rings. The van der Waals surface area contributed by atoms with E-state index in [0.717, 1.165) is 58.2 Å². The van der Waals surface area contributed by atoms with Crippen LogP contribution in [0.5, 0.6) is 5.75 Å². The highest BCUT2D eigenvalue weighted by atomic mass is 32.1. The van der Waals surface area contributed by atoms with Gasteiger partial charge in [-0.3, -0.25) is 9.80 Å². The second-order valence-corrected chi connectivity index (χ2v) is 8.99. The van der Waals surface area contributed by atoms with Gasteiger partial charge in [0, 0.05) is 38.1 Å². The molecule has 0 amide bonds. The lowest BCUT2D eigenvalue weighted by Gasteiger charge is -2.37. The van der Waals surface area contributed by atoms with Gasteiger partial charge in [0.1, 0.15) is 5.75 Å². The summed E-state index contributed by atoms with van der Waals surface area (Å²) in [5, 5.41) is 4.53. The SMILES string of the molecule is c1cc(C2CN3CCCC3c3cc(OCCCN4CCOCC4)ccc32)cs1. The molecule has 0 bridgehead atoms.